The highest BCUT2D eigenvalue weighted by molar-refractivity contribution is 6.31. The highest BCUT2D eigenvalue weighted by Gasteiger charge is 2.19. The van der Waals surface area contributed by atoms with Crippen molar-refractivity contribution in [3.05, 3.63) is 58.7 Å². The van der Waals surface area contributed by atoms with Crippen LogP contribution in [-0.2, 0) is 6.42 Å². The average molecular weight is 277 g/mol. The molecular weight excluding hydrogens is 264 g/mol. The van der Waals surface area contributed by atoms with Crippen LogP contribution in [0.15, 0.2) is 45.2 Å². The molecule has 2 aromatic heterocycles. The van der Waals surface area contributed by atoms with E-state index in [1.165, 1.54) is 0 Å². The second kappa shape index (κ2) is 4.76. The SMILES string of the molecule is CCc1ccc(C(O)c2cc3cc(Cl)ccc3o2)o1. The highest BCUT2D eigenvalue weighted by Crippen LogP contribution is 2.30. The highest BCUT2D eigenvalue weighted by atomic mass is 35.5. The zero-order valence-corrected chi connectivity index (χ0v) is 11.1. The van der Waals surface area contributed by atoms with Crippen molar-refractivity contribution in [1.29, 1.82) is 0 Å². The van der Waals surface area contributed by atoms with Crippen molar-refractivity contribution in [3.63, 3.8) is 0 Å². The van der Waals surface area contributed by atoms with Crippen molar-refractivity contribution in [2.75, 3.05) is 0 Å². The van der Waals surface area contributed by atoms with Gasteiger partial charge in [-0.05, 0) is 36.4 Å². The molecule has 0 saturated heterocycles. The Labute approximate surface area is 115 Å². The number of aryl methyl sites for hydroxylation is 1. The smallest absolute Gasteiger partial charge is 0.169 e. The molecule has 0 aliphatic heterocycles. The zero-order valence-electron chi connectivity index (χ0n) is 10.4. The third-order valence-corrected chi connectivity index (χ3v) is 3.30. The summed E-state index contributed by atoms with van der Waals surface area (Å²) in [5.74, 6) is 1.78. The number of hydrogen-bond acceptors (Lipinski definition) is 3. The molecule has 3 rings (SSSR count). The van der Waals surface area contributed by atoms with Crippen LogP contribution in [0.2, 0.25) is 5.02 Å². The van der Waals surface area contributed by atoms with Crippen molar-refractivity contribution in [2.45, 2.75) is 19.4 Å². The quantitative estimate of drug-likeness (QED) is 0.775. The van der Waals surface area contributed by atoms with Gasteiger partial charge in [-0.2, -0.15) is 0 Å². The van der Waals surface area contributed by atoms with Crippen LogP contribution in [0, 0.1) is 0 Å². The normalized spacial score (nSPS) is 13.0. The summed E-state index contributed by atoms with van der Waals surface area (Å²) in [5, 5.41) is 11.8. The molecule has 1 aromatic carbocycles. The number of halogens is 1. The van der Waals surface area contributed by atoms with Gasteiger partial charge >= 0.3 is 0 Å². The fourth-order valence-electron chi connectivity index (χ4n) is 2.04. The summed E-state index contributed by atoms with van der Waals surface area (Å²) in [6.45, 7) is 2.00. The van der Waals surface area contributed by atoms with Gasteiger partial charge in [-0.1, -0.05) is 18.5 Å². The van der Waals surface area contributed by atoms with Gasteiger partial charge in [0, 0.05) is 16.8 Å². The minimum absolute atomic E-state index is 0.453. The molecule has 19 heavy (non-hydrogen) atoms. The minimum Gasteiger partial charge on any atom is -0.463 e. The van der Waals surface area contributed by atoms with E-state index in [0.717, 1.165) is 17.6 Å². The Kier molecular flexibility index (Phi) is 3.09. The average Bonchev–Trinajstić information content (AvgIpc) is 3.03. The van der Waals surface area contributed by atoms with E-state index >= 15 is 0 Å². The summed E-state index contributed by atoms with van der Waals surface area (Å²) in [6, 6.07) is 10.7. The molecule has 4 heteroatoms. The molecule has 0 aliphatic carbocycles. The Balaban J connectivity index is 1.98. The summed E-state index contributed by atoms with van der Waals surface area (Å²) in [7, 11) is 0. The lowest BCUT2D eigenvalue weighted by Crippen LogP contribution is -1.95. The molecule has 0 fully saturated rings. The molecular formula is C15H13ClO3. The van der Waals surface area contributed by atoms with Crippen LogP contribution in [0.3, 0.4) is 0 Å². The molecule has 3 aromatic rings. The topological polar surface area (TPSA) is 46.5 Å². The maximum atomic E-state index is 10.3. The minimum atomic E-state index is -0.897. The molecule has 98 valence electrons. The first-order chi connectivity index (χ1) is 9.17. The standard InChI is InChI=1S/C15H13ClO3/c1-2-11-4-6-13(18-11)15(17)14-8-9-7-10(16)3-5-12(9)19-14/h3-8,15,17H,2H2,1H3. The van der Waals surface area contributed by atoms with E-state index in [0.29, 0.717) is 22.1 Å². The molecule has 0 aliphatic rings. The number of aliphatic hydroxyl groups is 1. The van der Waals surface area contributed by atoms with Crippen LogP contribution >= 0.6 is 11.6 Å². The van der Waals surface area contributed by atoms with Crippen molar-refractivity contribution >= 4 is 22.6 Å². The molecule has 2 heterocycles. The van der Waals surface area contributed by atoms with Crippen molar-refractivity contribution < 1.29 is 13.9 Å². The van der Waals surface area contributed by atoms with Crippen LogP contribution in [-0.4, -0.2) is 5.11 Å². The van der Waals surface area contributed by atoms with Crippen molar-refractivity contribution in [1.82, 2.24) is 0 Å². The van der Waals surface area contributed by atoms with Crippen LogP contribution in [0.1, 0.15) is 30.3 Å². The molecule has 1 unspecified atom stereocenters. The largest absolute Gasteiger partial charge is 0.463 e. The number of rotatable bonds is 3. The molecule has 1 N–H and O–H groups in total. The number of benzene rings is 1. The maximum absolute atomic E-state index is 10.3. The third-order valence-electron chi connectivity index (χ3n) is 3.07. The number of fused-ring (bicyclic) bond motifs is 1. The van der Waals surface area contributed by atoms with Gasteiger partial charge < -0.3 is 13.9 Å². The van der Waals surface area contributed by atoms with Gasteiger partial charge in [0.25, 0.3) is 0 Å². The predicted molar refractivity (Wildman–Crippen MR) is 73.4 cm³/mol. The molecule has 0 saturated carbocycles. The number of furan rings is 2. The lowest BCUT2D eigenvalue weighted by Gasteiger charge is -2.03. The van der Waals surface area contributed by atoms with E-state index in [-0.39, 0.29) is 0 Å². The van der Waals surface area contributed by atoms with Gasteiger partial charge in [0.1, 0.15) is 22.9 Å². The maximum Gasteiger partial charge on any atom is 0.169 e. The van der Waals surface area contributed by atoms with Crippen LogP contribution in [0.4, 0.5) is 0 Å². The Bertz CT molecular complexity index is 711. The Morgan fingerprint density at radius 1 is 1.11 bits per heavy atom. The summed E-state index contributed by atoms with van der Waals surface area (Å²) in [5.41, 5.74) is 0.695. The van der Waals surface area contributed by atoms with E-state index in [4.69, 9.17) is 20.4 Å². The van der Waals surface area contributed by atoms with Crippen molar-refractivity contribution in [3.8, 4) is 0 Å². The Hall–Kier alpha value is -1.71. The summed E-state index contributed by atoms with van der Waals surface area (Å²) >= 11 is 5.92. The summed E-state index contributed by atoms with van der Waals surface area (Å²) in [6.07, 6.45) is -0.103. The van der Waals surface area contributed by atoms with Gasteiger partial charge in [-0.25, -0.2) is 0 Å². The zero-order chi connectivity index (χ0) is 13.4. The van der Waals surface area contributed by atoms with Crippen molar-refractivity contribution in [2.24, 2.45) is 0 Å². The summed E-state index contributed by atoms with van der Waals surface area (Å²) in [4.78, 5) is 0. The molecule has 1 atom stereocenters. The third kappa shape index (κ3) is 2.27. The van der Waals surface area contributed by atoms with Gasteiger partial charge in [0.05, 0.1) is 0 Å². The van der Waals surface area contributed by atoms with Gasteiger partial charge in [0.2, 0.25) is 0 Å². The van der Waals surface area contributed by atoms with Gasteiger partial charge in [-0.15, -0.1) is 0 Å². The van der Waals surface area contributed by atoms with Gasteiger partial charge in [0.15, 0.2) is 6.10 Å². The predicted octanol–water partition coefficient (Wildman–Crippen LogP) is 4.32. The van der Waals surface area contributed by atoms with E-state index in [1.54, 1.807) is 30.3 Å². The van der Waals surface area contributed by atoms with Crippen LogP contribution in [0.5, 0.6) is 0 Å². The lowest BCUT2D eigenvalue weighted by atomic mass is 10.2. The molecule has 0 bridgehead atoms. The van der Waals surface area contributed by atoms with E-state index in [1.807, 2.05) is 13.0 Å². The fraction of sp³-hybridized carbons (Fsp3) is 0.200. The van der Waals surface area contributed by atoms with Gasteiger partial charge in [-0.3, -0.25) is 0 Å². The van der Waals surface area contributed by atoms with Crippen LogP contribution < -0.4 is 0 Å². The lowest BCUT2D eigenvalue weighted by molar-refractivity contribution is 0.163. The molecule has 0 radical (unpaired) electrons. The monoisotopic (exact) mass is 276 g/mol. The Morgan fingerprint density at radius 2 is 1.95 bits per heavy atom. The Morgan fingerprint density at radius 3 is 2.68 bits per heavy atom. The molecule has 0 amide bonds. The fourth-order valence-corrected chi connectivity index (χ4v) is 2.22. The molecule has 3 nitrogen and oxygen atoms in total. The van der Waals surface area contributed by atoms with E-state index in [9.17, 15) is 5.11 Å². The van der Waals surface area contributed by atoms with E-state index in [2.05, 4.69) is 0 Å². The number of aliphatic hydroxyl groups excluding tert-OH is 1. The number of hydrogen-bond donors (Lipinski definition) is 1. The van der Waals surface area contributed by atoms with Crippen LogP contribution in [0.25, 0.3) is 11.0 Å². The first-order valence-corrected chi connectivity index (χ1v) is 6.51. The van der Waals surface area contributed by atoms with E-state index < -0.39 is 6.10 Å². The second-order valence-electron chi connectivity index (χ2n) is 4.39. The molecule has 0 spiro atoms. The first kappa shape index (κ1) is 12.3. The first-order valence-electron chi connectivity index (χ1n) is 6.13. The second-order valence-corrected chi connectivity index (χ2v) is 4.83. The summed E-state index contributed by atoms with van der Waals surface area (Å²) < 4.78 is 11.1.